The predicted octanol–water partition coefficient (Wildman–Crippen LogP) is 4.04. The van der Waals surface area contributed by atoms with Gasteiger partial charge in [0.25, 0.3) is 0 Å². The second kappa shape index (κ2) is 11.8. The molecule has 0 amide bonds. The van der Waals surface area contributed by atoms with Gasteiger partial charge in [0.2, 0.25) is 0 Å². The molecule has 1 fully saturated rings. The molecule has 0 aliphatic carbocycles. The number of H-pyrrole nitrogens is 1. The quantitative estimate of drug-likeness (QED) is 0.243. The van der Waals surface area contributed by atoms with E-state index in [1.54, 1.807) is 0 Å². The number of aliphatic hydroxyl groups excluding tert-OH is 1. The Morgan fingerprint density at radius 1 is 0.919 bits per heavy atom. The Bertz CT molecular complexity index is 1180. The number of rotatable bonds is 2. The van der Waals surface area contributed by atoms with E-state index in [-0.39, 0.29) is 6.10 Å². The van der Waals surface area contributed by atoms with E-state index in [2.05, 4.69) is 39.4 Å². The van der Waals surface area contributed by atoms with Gasteiger partial charge in [0.1, 0.15) is 0 Å². The fourth-order valence-corrected chi connectivity index (χ4v) is 3.21. The Labute approximate surface area is 205 Å². The van der Waals surface area contributed by atoms with Crippen molar-refractivity contribution in [2.75, 3.05) is 23.7 Å². The van der Waals surface area contributed by atoms with Crippen LogP contribution >= 0.6 is 0 Å². The van der Waals surface area contributed by atoms with E-state index in [1.165, 1.54) is 5.69 Å². The molecule has 1 saturated heterocycles. The molecule has 0 unspecified atom stereocenters. The number of aromatic amines is 1. The monoisotopic (exact) mass is 536 g/mol. The number of carboxylic acids is 2. The van der Waals surface area contributed by atoms with Gasteiger partial charge in [-0.15, -0.1) is 0 Å². The molecule has 1 aromatic heterocycles. The van der Waals surface area contributed by atoms with Gasteiger partial charge >= 0.3 is 24.3 Å². The van der Waals surface area contributed by atoms with E-state index in [0.717, 1.165) is 53.8 Å². The number of fused-ring (bicyclic) bond motifs is 1. The number of nitrogens with two attached hydrogens (primary N) is 1. The van der Waals surface area contributed by atoms with E-state index in [4.69, 9.17) is 25.5 Å². The zero-order valence-electron chi connectivity index (χ0n) is 18.8. The highest BCUT2D eigenvalue weighted by molar-refractivity contribution is 5.94. The van der Waals surface area contributed by atoms with Crippen LogP contribution in [0.1, 0.15) is 12.8 Å². The summed E-state index contributed by atoms with van der Waals surface area (Å²) in [5.41, 5.74) is 10.8. The number of hydrogen-bond donors (Lipinski definition) is 5. The summed E-state index contributed by atoms with van der Waals surface area (Å²) in [5.74, 6) is -5.51. The Morgan fingerprint density at radius 3 is 1.86 bits per heavy atom. The number of hydrogen-bond acceptors (Lipinski definition) is 6. The molecule has 15 heteroatoms. The molecule has 0 radical (unpaired) electrons. The largest absolute Gasteiger partial charge is 0.490 e. The molecule has 2 aromatic carbocycles. The van der Waals surface area contributed by atoms with Crippen molar-refractivity contribution >= 4 is 34.2 Å². The summed E-state index contributed by atoms with van der Waals surface area (Å²) in [6.07, 6.45) is -8.64. The van der Waals surface area contributed by atoms with Gasteiger partial charge in [-0.25, -0.2) is 9.59 Å². The van der Waals surface area contributed by atoms with Gasteiger partial charge in [-0.05, 0) is 43.2 Å². The minimum Gasteiger partial charge on any atom is -0.475 e. The van der Waals surface area contributed by atoms with Crippen molar-refractivity contribution in [3.63, 3.8) is 0 Å². The number of carboxylic acid groups (broad SMARTS) is 2. The standard InChI is InChI=1S/C18H20N4O.2C2HF3O2/c19-13-3-6-17-16(11-13)18(21-20-17)12-1-4-14(5-2-12)22-9-7-15(23)8-10-22;2*3-2(4,5)1(6)7/h1-6,11,15,23H,7-10,19H2,(H,20,21);2*(H,6,7). The summed E-state index contributed by atoms with van der Waals surface area (Å²) in [4.78, 5) is 20.1. The first-order valence-corrected chi connectivity index (χ1v) is 10.5. The van der Waals surface area contributed by atoms with Crippen molar-refractivity contribution in [3.8, 4) is 11.3 Å². The maximum Gasteiger partial charge on any atom is 0.490 e. The molecular formula is C22H22F6N4O5. The molecule has 1 aliphatic heterocycles. The topological polar surface area (TPSA) is 153 Å². The molecule has 0 saturated carbocycles. The van der Waals surface area contributed by atoms with E-state index in [0.29, 0.717) is 0 Å². The SMILES string of the molecule is Nc1ccc2[nH]nc(-c3ccc(N4CCC(O)CC4)cc3)c2c1.O=C(O)C(F)(F)F.O=C(O)C(F)(F)F. The van der Waals surface area contributed by atoms with Crippen LogP contribution in [0.15, 0.2) is 42.5 Å². The number of nitrogens with zero attached hydrogens (tertiary/aromatic N) is 2. The van der Waals surface area contributed by atoms with E-state index in [9.17, 15) is 31.4 Å². The fourth-order valence-electron chi connectivity index (χ4n) is 3.21. The van der Waals surface area contributed by atoms with Crippen molar-refractivity contribution in [1.29, 1.82) is 0 Å². The molecule has 9 nitrogen and oxygen atoms in total. The van der Waals surface area contributed by atoms with Crippen molar-refractivity contribution in [2.45, 2.75) is 31.3 Å². The number of aliphatic carboxylic acids is 2. The molecule has 0 bridgehead atoms. The molecule has 0 atom stereocenters. The Hall–Kier alpha value is -4.01. The Kier molecular flexibility index (Phi) is 9.33. The number of carbonyl (C=O) groups is 2. The third-order valence-corrected chi connectivity index (χ3v) is 5.04. The van der Waals surface area contributed by atoms with Crippen LogP contribution in [-0.4, -0.2) is 69.0 Å². The number of anilines is 2. The van der Waals surface area contributed by atoms with Crippen LogP contribution in [0.2, 0.25) is 0 Å². The highest BCUT2D eigenvalue weighted by Gasteiger charge is 2.38. The summed E-state index contributed by atoms with van der Waals surface area (Å²) < 4.78 is 63.5. The van der Waals surface area contributed by atoms with Crippen molar-refractivity contribution in [3.05, 3.63) is 42.5 Å². The number of benzene rings is 2. The molecule has 202 valence electrons. The van der Waals surface area contributed by atoms with Crippen LogP contribution in [0.3, 0.4) is 0 Å². The second-order valence-corrected chi connectivity index (χ2v) is 7.75. The first-order chi connectivity index (χ1) is 17.1. The summed E-state index contributed by atoms with van der Waals surface area (Å²) in [5, 5.41) is 32.4. The van der Waals surface area contributed by atoms with Crippen LogP contribution in [0, 0.1) is 0 Å². The molecule has 2 heterocycles. The number of alkyl halides is 6. The van der Waals surface area contributed by atoms with Crippen LogP contribution in [0.4, 0.5) is 37.7 Å². The highest BCUT2D eigenvalue weighted by Crippen LogP contribution is 2.30. The highest BCUT2D eigenvalue weighted by atomic mass is 19.4. The zero-order chi connectivity index (χ0) is 28.0. The third kappa shape index (κ3) is 8.56. The molecule has 37 heavy (non-hydrogen) atoms. The van der Waals surface area contributed by atoms with Crippen LogP contribution in [-0.2, 0) is 9.59 Å². The normalized spacial score (nSPS) is 14.3. The molecular weight excluding hydrogens is 514 g/mol. The number of piperidine rings is 1. The molecule has 1 aliphatic rings. The van der Waals surface area contributed by atoms with Crippen molar-refractivity contribution < 1.29 is 51.3 Å². The number of nitrogens with one attached hydrogen (secondary N) is 1. The number of nitrogen functional groups attached to an aromatic ring is 1. The number of aromatic nitrogens is 2. The van der Waals surface area contributed by atoms with Crippen molar-refractivity contribution in [2.24, 2.45) is 0 Å². The fraction of sp³-hybridized carbons (Fsp3) is 0.318. The summed E-state index contributed by atoms with van der Waals surface area (Å²) in [6.45, 7) is 1.81. The Balaban J connectivity index is 0.000000286. The first kappa shape index (κ1) is 29.2. The summed E-state index contributed by atoms with van der Waals surface area (Å²) >= 11 is 0. The van der Waals surface area contributed by atoms with E-state index < -0.39 is 24.3 Å². The number of aliphatic hydroxyl groups is 1. The van der Waals surface area contributed by atoms with Crippen LogP contribution < -0.4 is 10.6 Å². The average molecular weight is 536 g/mol. The lowest BCUT2D eigenvalue weighted by Crippen LogP contribution is -2.35. The van der Waals surface area contributed by atoms with Gasteiger partial charge in [-0.1, -0.05) is 12.1 Å². The molecule has 3 aromatic rings. The minimum atomic E-state index is -5.08. The summed E-state index contributed by atoms with van der Waals surface area (Å²) in [6, 6.07) is 14.2. The third-order valence-electron chi connectivity index (χ3n) is 5.04. The van der Waals surface area contributed by atoms with E-state index in [1.807, 2.05) is 18.2 Å². The minimum absolute atomic E-state index is 0.147. The first-order valence-electron chi connectivity index (χ1n) is 10.5. The summed E-state index contributed by atoms with van der Waals surface area (Å²) in [7, 11) is 0. The lowest BCUT2D eigenvalue weighted by atomic mass is 10.0. The van der Waals surface area contributed by atoms with Gasteiger partial charge in [0.05, 0.1) is 17.3 Å². The lowest BCUT2D eigenvalue weighted by Gasteiger charge is -2.31. The molecule has 4 rings (SSSR count). The van der Waals surface area contributed by atoms with Crippen LogP contribution in [0.25, 0.3) is 22.2 Å². The average Bonchev–Trinajstić information content (AvgIpc) is 3.22. The predicted molar refractivity (Wildman–Crippen MR) is 121 cm³/mol. The van der Waals surface area contributed by atoms with Crippen LogP contribution in [0.5, 0.6) is 0 Å². The Morgan fingerprint density at radius 2 is 1.41 bits per heavy atom. The van der Waals surface area contributed by atoms with Gasteiger partial charge in [0.15, 0.2) is 0 Å². The van der Waals surface area contributed by atoms with E-state index >= 15 is 0 Å². The molecule has 0 spiro atoms. The smallest absolute Gasteiger partial charge is 0.475 e. The zero-order valence-corrected chi connectivity index (χ0v) is 18.8. The van der Waals surface area contributed by atoms with Gasteiger partial charge in [0, 0.05) is 35.4 Å². The maximum atomic E-state index is 10.6. The van der Waals surface area contributed by atoms with Gasteiger partial charge in [-0.3, -0.25) is 5.10 Å². The van der Waals surface area contributed by atoms with Crippen molar-refractivity contribution in [1.82, 2.24) is 10.2 Å². The lowest BCUT2D eigenvalue weighted by molar-refractivity contribution is -0.193. The number of halogens is 6. The second-order valence-electron chi connectivity index (χ2n) is 7.75. The van der Waals surface area contributed by atoms with Gasteiger partial charge in [-0.2, -0.15) is 31.4 Å². The van der Waals surface area contributed by atoms with Gasteiger partial charge < -0.3 is 26.0 Å². The molecule has 6 N–H and O–H groups in total. The maximum absolute atomic E-state index is 10.6.